The number of anilines is 1. The maximum atomic E-state index is 12.7. The normalized spacial score (nSPS) is 17.4. The Labute approximate surface area is 252 Å². The molecule has 1 N–H and O–H groups in total. The fourth-order valence-corrected chi connectivity index (χ4v) is 6.20. The fourth-order valence-electron chi connectivity index (χ4n) is 5.46. The first-order chi connectivity index (χ1) is 18.9. The zero-order chi connectivity index (χ0) is 27.4. The molecule has 2 saturated heterocycles. The second-order valence-electron chi connectivity index (χ2n) is 10.3. The Morgan fingerprint density at radius 2 is 1.46 bits per heavy atom. The molecular weight excluding hydrogens is 574 g/mol. The van der Waals surface area contributed by atoms with Crippen LogP contribution in [0.15, 0.2) is 60.7 Å². The smallest absolute Gasteiger partial charge is 0.251 e. The Kier molecular flexibility index (Phi) is 9.60. The van der Waals surface area contributed by atoms with Crippen LogP contribution in [0.5, 0.6) is 0 Å². The van der Waals surface area contributed by atoms with Crippen LogP contribution in [-0.4, -0.2) is 61.0 Å². The summed E-state index contributed by atoms with van der Waals surface area (Å²) in [5, 5.41) is 5.27. The van der Waals surface area contributed by atoms with Crippen molar-refractivity contribution in [3.05, 3.63) is 97.4 Å². The summed E-state index contributed by atoms with van der Waals surface area (Å²) in [6.45, 7) is 7.47. The highest BCUT2D eigenvalue weighted by Gasteiger charge is 2.28. The van der Waals surface area contributed by atoms with E-state index in [-0.39, 0.29) is 7.33 Å². The summed E-state index contributed by atoms with van der Waals surface area (Å²) >= 11 is 24.7. The topological polar surface area (TPSA) is 38.8 Å². The average Bonchev–Trinajstić information content (AvgIpc) is 2.95. The number of hydrogen-bond donors (Lipinski definition) is 1. The van der Waals surface area contributed by atoms with E-state index in [2.05, 4.69) is 32.1 Å². The van der Waals surface area contributed by atoms with E-state index in [0.29, 0.717) is 33.2 Å². The minimum absolute atomic E-state index is 0. The van der Waals surface area contributed by atoms with Crippen molar-refractivity contribution >= 4 is 58.0 Å². The first-order valence-electron chi connectivity index (χ1n) is 13.3. The number of amides is 1. The van der Waals surface area contributed by atoms with E-state index < -0.39 is 0 Å². The second kappa shape index (κ2) is 13.1. The molecule has 2 aliphatic heterocycles. The maximum Gasteiger partial charge on any atom is 0.251 e. The molecule has 0 atom stereocenters. The zero-order valence-electron chi connectivity index (χ0n) is 21.7. The summed E-state index contributed by atoms with van der Waals surface area (Å²) in [5.41, 5.74) is 3.71. The van der Waals surface area contributed by atoms with Crippen LogP contribution in [0.1, 0.15) is 35.8 Å². The third-order valence-electron chi connectivity index (χ3n) is 7.69. The summed E-state index contributed by atoms with van der Waals surface area (Å²) in [6.07, 6.45) is 2.39. The number of nitrogens with zero attached hydrogens (tertiary/aromatic N) is 3. The van der Waals surface area contributed by atoms with Crippen LogP contribution >= 0.6 is 46.4 Å². The molecule has 0 aliphatic carbocycles. The number of carbonyl (C=O) groups is 1. The molecule has 5 rings (SSSR count). The van der Waals surface area contributed by atoms with Gasteiger partial charge in [0.05, 0.1) is 20.8 Å². The van der Waals surface area contributed by atoms with Crippen LogP contribution in [0.25, 0.3) is 0 Å². The predicted molar refractivity (Wildman–Crippen MR) is 165 cm³/mol. The third kappa shape index (κ3) is 7.40. The molecule has 1 amide bonds. The number of piperazine rings is 1. The monoisotopic (exact) mass is 606 g/mol. The standard InChI is InChI=1S/C30H32Cl4N4O.H2/c31-24-5-1-21(2-6-24)20-36-11-9-25(10-12-36)37-13-15-38(16-14-37)29-8-4-23(18-28(29)34)30(39)35-19-22-3-7-26(32)27(33)17-22;/h1-8,17-18,25H,9-16,19-20H2,(H,35,39);1H. The molecule has 208 valence electrons. The lowest BCUT2D eigenvalue weighted by Crippen LogP contribution is -2.53. The molecule has 0 spiro atoms. The molecular formula is C30H34Cl4N4O. The van der Waals surface area contributed by atoms with Gasteiger partial charge in [0.1, 0.15) is 0 Å². The molecule has 2 fully saturated rings. The van der Waals surface area contributed by atoms with Crippen molar-refractivity contribution < 1.29 is 6.22 Å². The largest absolute Gasteiger partial charge is 0.368 e. The van der Waals surface area contributed by atoms with Gasteiger partial charge >= 0.3 is 0 Å². The fraction of sp³-hybridized carbons (Fsp3) is 0.367. The van der Waals surface area contributed by atoms with Crippen molar-refractivity contribution in [2.75, 3.05) is 44.2 Å². The van der Waals surface area contributed by atoms with E-state index in [0.717, 1.165) is 62.1 Å². The highest BCUT2D eigenvalue weighted by molar-refractivity contribution is 6.42. The Morgan fingerprint density at radius 1 is 0.769 bits per heavy atom. The number of nitrogens with one attached hydrogen (secondary N) is 1. The van der Waals surface area contributed by atoms with Crippen LogP contribution in [0, 0.1) is 0 Å². The Morgan fingerprint density at radius 3 is 2.13 bits per heavy atom. The van der Waals surface area contributed by atoms with Crippen molar-refractivity contribution in [3.8, 4) is 0 Å². The van der Waals surface area contributed by atoms with Gasteiger partial charge in [0, 0.05) is 57.3 Å². The summed E-state index contributed by atoms with van der Waals surface area (Å²) in [7, 11) is 0. The highest BCUT2D eigenvalue weighted by Crippen LogP contribution is 2.29. The summed E-state index contributed by atoms with van der Waals surface area (Å²) < 4.78 is 0. The van der Waals surface area contributed by atoms with Gasteiger partial charge in [0.2, 0.25) is 0 Å². The number of carbonyl (C=O) groups excluding carboxylic acids is 1. The van der Waals surface area contributed by atoms with Gasteiger partial charge in [-0.3, -0.25) is 14.6 Å². The van der Waals surface area contributed by atoms with E-state index in [1.807, 2.05) is 30.3 Å². The van der Waals surface area contributed by atoms with Crippen molar-refractivity contribution in [2.45, 2.75) is 32.0 Å². The number of benzene rings is 3. The lowest BCUT2D eigenvalue weighted by atomic mass is 10.0. The average molecular weight is 608 g/mol. The van der Waals surface area contributed by atoms with E-state index >= 15 is 0 Å². The molecule has 0 saturated carbocycles. The van der Waals surface area contributed by atoms with Crippen molar-refractivity contribution in [1.29, 1.82) is 0 Å². The van der Waals surface area contributed by atoms with Crippen LogP contribution in [0.4, 0.5) is 5.69 Å². The number of likely N-dealkylation sites (tertiary alicyclic amines) is 1. The van der Waals surface area contributed by atoms with Gasteiger partial charge in [-0.05, 0) is 79.5 Å². The van der Waals surface area contributed by atoms with Gasteiger partial charge in [-0.2, -0.15) is 0 Å². The van der Waals surface area contributed by atoms with Gasteiger partial charge in [-0.15, -0.1) is 0 Å². The molecule has 2 aliphatic rings. The molecule has 3 aromatic rings. The Hall–Kier alpha value is -1.99. The van der Waals surface area contributed by atoms with Crippen LogP contribution in [0.2, 0.25) is 20.1 Å². The molecule has 0 radical (unpaired) electrons. The van der Waals surface area contributed by atoms with Crippen molar-refractivity contribution in [1.82, 2.24) is 15.1 Å². The van der Waals surface area contributed by atoms with E-state index in [1.54, 1.807) is 18.2 Å². The maximum absolute atomic E-state index is 12.7. The molecule has 0 aromatic heterocycles. The summed E-state index contributed by atoms with van der Waals surface area (Å²) in [6, 6.07) is 19.7. The van der Waals surface area contributed by atoms with Gasteiger partial charge in [-0.25, -0.2) is 0 Å². The zero-order valence-corrected chi connectivity index (χ0v) is 24.7. The van der Waals surface area contributed by atoms with Gasteiger partial charge in [0.15, 0.2) is 0 Å². The molecule has 0 bridgehead atoms. The first-order valence-corrected chi connectivity index (χ1v) is 14.8. The Balaban J connectivity index is 0.00000370. The second-order valence-corrected chi connectivity index (χ2v) is 11.9. The minimum atomic E-state index is -0.179. The number of rotatable bonds is 7. The van der Waals surface area contributed by atoms with Crippen LogP contribution in [-0.2, 0) is 13.1 Å². The van der Waals surface area contributed by atoms with E-state index in [4.69, 9.17) is 46.4 Å². The molecule has 0 unspecified atom stereocenters. The lowest BCUT2D eigenvalue weighted by Gasteiger charge is -2.43. The van der Waals surface area contributed by atoms with Crippen LogP contribution in [0.3, 0.4) is 0 Å². The lowest BCUT2D eigenvalue weighted by molar-refractivity contribution is 0.0951. The summed E-state index contributed by atoms with van der Waals surface area (Å²) in [4.78, 5) is 20.2. The number of halogens is 4. The minimum Gasteiger partial charge on any atom is -0.368 e. The summed E-state index contributed by atoms with van der Waals surface area (Å²) in [5.74, 6) is -0.179. The van der Waals surface area contributed by atoms with Crippen molar-refractivity contribution in [2.24, 2.45) is 0 Å². The van der Waals surface area contributed by atoms with E-state index in [1.165, 1.54) is 18.4 Å². The quantitative estimate of drug-likeness (QED) is 0.307. The first kappa shape index (κ1) is 28.5. The highest BCUT2D eigenvalue weighted by atomic mass is 35.5. The molecule has 2 heterocycles. The van der Waals surface area contributed by atoms with Crippen LogP contribution < -0.4 is 10.2 Å². The molecule has 3 aromatic carbocycles. The van der Waals surface area contributed by atoms with Crippen molar-refractivity contribution in [3.63, 3.8) is 0 Å². The number of hydrogen-bond acceptors (Lipinski definition) is 4. The number of piperidine rings is 1. The van der Waals surface area contributed by atoms with Gasteiger partial charge in [0.25, 0.3) is 5.91 Å². The predicted octanol–water partition coefficient (Wildman–Crippen LogP) is 7.26. The molecule has 9 heteroatoms. The Bertz CT molecular complexity index is 1290. The SMILES string of the molecule is O=C(NCc1ccc(Cl)c(Cl)c1)c1ccc(N2CCN(C3CCN(Cc4ccc(Cl)cc4)CC3)CC2)c(Cl)c1.[HH]. The van der Waals surface area contributed by atoms with Gasteiger partial charge < -0.3 is 10.2 Å². The molecule has 5 nitrogen and oxygen atoms in total. The van der Waals surface area contributed by atoms with E-state index in [9.17, 15) is 4.79 Å². The van der Waals surface area contributed by atoms with Gasteiger partial charge in [-0.1, -0.05) is 64.6 Å². The third-order valence-corrected chi connectivity index (χ3v) is 8.99. The molecule has 39 heavy (non-hydrogen) atoms.